The van der Waals surface area contributed by atoms with Crippen molar-refractivity contribution >= 4 is 0 Å². The van der Waals surface area contributed by atoms with Crippen molar-refractivity contribution in [2.45, 2.75) is 66.1 Å². The van der Waals surface area contributed by atoms with Gasteiger partial charge in [-0.15, -0.1) is 0 Å². The fourth-order valence-electron chi connectivity index (χ4n) is 3.34. The molecule has 2 heterocycles. The maximum atomic E-state index is 5.63. The summed E-state index contributed by atoms with van der Waals surface area (Å²) in [5.41, 5.74) is 0.638. The molecule has 0 spiro atoms. The molecule has 2 rings (SSSR count). The molecule has 2 saturated heterocycles. The van der Waals surface area contributed by atoms with Crippen molar-refractivity contribution < 1.29 is 4.74 Å². The lowest BCUT2D eigenvalue weighted by atomic mass is 9.79. The van der Waals surface area contributed by atoms with Crippen LogP contribution >= 0.6 is 0 Å². The molecule has 3 nitrogen and oxygen atoms in total. The number of nitrogens with zero attached hydrogens (tertiary/aromatic N) is 1. The van der Waals surface area contributed by atoms with Crippen LogP contribution in [-0.2, 0) is 4.74 Å². The Morgan fingerprint density at radius 1 is 1.05 bits per heavy atom. The van der Waals surface area contributed by atoms with E-state index in [0.29, 0.717) is 29.0 Å². The minimum Gasteiger partial charge on any atom is -0.380 e. The molecule has 0 aromatic carbocycles. The maximum absolute atomic E-state index is 5.63. The van der Waals surface area contributed by atoms with Gasteiger partial charge in [0.05, 0.1) is 6.61 Å². The zero-order valence-electron chi connectivity index (χ0n) is 13.6. The number of rotatable bonds is 1. The lowest BCUT2D eigenvalue weighted by molar-refractivity contribution is -0.00263. The minimum absolute atomic E-state index is 0.318. The molecule has 0 amide bonds. The Kier molecular flexibility index (Phi) is 4.29. The van der Waals surface area contributed by atoms with Gasteiger partial charge in [-0.05, 0) is 17.3 Å². The molecule has 0 aromatic rings. The van der Waals surface area contributed by atoms with Crippen LogP contribution in [0.15, 0.2) is 0 Å². The Bertz CT molecular complexity index is 297. The zero-order chi connectivity index (χ0) is 14.3. The monoisotopic (exact) mass is 268 g/mol. The molecule has 0 saturated carbocycles. The molecule has 19 heavy (non-hydrogen) atoms. The molecule has 0 radical (unpaired) electrons. The van der Waals surface area contributed by atoms with E-state index in [2.05, 4.69) is 51.8 Å². The topological polar surface area (TPSA) is 24.5 Å². The molecule has 1 N–H and O–H groups in total. The summed E-state index contributed by atoms with van der Waals surface area (Å²) in [6.07, 6.45) is 1.20. The Labute approximate surface area is 119 Å². The van der Waals surface area contributed by atoms with E-state index in [1.165, 1.54) is 6.42 Å². The van der Waals surface area contributed by atoms with Crippen molar-refractivity contribution in [2.24, 2.45) is 10.8 Å². The van der Waals surface area contributed by atoms with E-state index in [1.54, 1.807) is 0 Å². The SMILES string of the molecule is CC(C)(C)C1CN(C2CCOC2)C(C(C)(C)C)CN1. The first-order valence-corrected chi connectivity index (χ1v) is 7.76. The summed E-state index contributed by atoms with van der Waals surface area (Å²) in [5, 5.41) is 3.79. The van der Waals surface area contributed by atoms with Crippen LogP contribution < -0.4 is 5.32 Å². The van der Waals surface area contributed by atoms with Crippen LogP contribution in [0.4, 0.5) is 0 Å². The van der Waals surface area contributed by atoms with Crippen LogP contribution in [0.3, 0.4) is 0 Å². The summed E-state index contributed by atoms with van der Waals surface area (Å²) >= 11 is 0. The number of ether oxygens (including phenoxy) is 1. The quantitative estimate of drug-likeness (QED) is 0.791. The van der Waals surface area contributed by atoms with Crippen molar-refractivity contribution in [2.75, 3.05) is 26.3 Å². The van der Waals surface area contributed by atoms with E-state index in [-0.39, 0.29) is 0 Å². The van der Waals surface area contributed by atoms with E-state index in [1.807, 2.05) is 0 Å². The summed E-state index contributed by atoms with van der Waals surface area (Å²) in [6.45, 7) is 18.2. The summed E-state index contributed by atoms with van der Waals surface area (Å²) in [5.74, 6) is 0. The van der Waals surface area contributed by atoms with Crippen molar-refractivity contribution in [3.63, 3.8) is 0 Å². The number of hydrogen-bond donors (Lipinski definition) is 1. The van der Waals surface area contributed by atoms with E-state index in [9.17, 15) is 0 Å². The van der Waals surface area contributed by atoms with Gasteiger partial charge in [0.1, 0.15) is 0 Å². The first-order chi connectivity index (χ1) is 8.69. The zero-order valence-corrected chi connectivity index (χ0v) is 13.6. The molecular weight excluding hydrogens is 236 g/mol. The third-order valence-electron chi connectivity index (χ3n) is 4.77. The third kappa shape index (κ3) is 3.50. The Morgan fingerprint density at radius 2 is 1.74 bits per heavy atom. The van der Waals surface area contributed by atoms with Gasteiger partial charge in [0.15, 0.2) is 0 Å². The maximum Gasteiger partial charge on any atom is 0.0622 e. The molecule has 0 bridgehead atoms. The molecule has 2 aliphatic heterocycles. The smallest absolute Gasteiger partial charge is 0.0622 e. The molecule has 2 fully saturated rings. The highest BCUT2D eigenvalue weighted by Gasteiger charge is 2.42. The second kappa shape index (κ2) is 5.34. The van der Waals surface area contributed by atoms with Crippen LogP contribution in [-0.4, -0.2) is 49.3 Å². The predicted molar refractivity (Wildman–Crippen MR) is 80.4 cm³/mol. The molecule has 2 aliphatic rings. The van der Waals surface area contributed by atoms with Crippen molar-refractivity contribution in [1.29, 1.82) is 0 Å². The molecule has 112 valence electrons. The highest BCUT2D eigenvalue weighted by atomic mass is 16.5. The van der Waals surface area contributed by atoms with Gasteiger partial charge in [-0.25, -0.2) is 0 Å². The van der Waals surface area contributed by atoms with E-state index in [0.717, 1.165) is 26.3 Å². The van der Waals surface area contributed by atoms with Crippen LogP contribution in [0.25, 0.3) is 0 Å². The Hall–Kier alpha value is -0.120. The van der Waals surface area contributed by atoms with Gasteiger partial charge in [-0.1, -0.05) is 41.5 Å². The van der Waals surface area contributed by atoms with Gasteiger partial charge in [0, 0.05) is 37.8 Å². The summed E-state index contributed by atoms with van der Waals surface area (Å²) in [4.78, 5) is 2.74. The predicted octanol–water partition coefficient (Wildman–Crippen LogP) is 2.51. The van der Waals surface area contributed by atoms with Crippen LogP contribution in [0.5, 0.6) is 0 Å². The van der Waals surface area contributed by atoms with Crippen LogP contribution in [0.2, 0.25) is 0 Å². The number of piperazine rings is 1. The fraction of sp³-hybridized carbons (Fsp3) is 1.00. The molecule has 0 aromatic heterocycles. The summed E-state index contributed by atoms with van der Waals surface area (Å²) < 4.78 is 5.63. The standard InChI is InChI=1S/C16H32N2O/c1-15(2,3)13-10-18(12-7-8-19-11-12)14(9-17-13)16(4,5)6/h12-14,17H,7-11H2,1-6H3. The second-order valence-corrected chi connectivity index (χ2v) is 8.42. The average molecular weight is 268 g/mol. The molecule has 3 heteroatoms. The van der Waals surface area contributed by atoms with Gasteiger partial charge >= 0.3 is 0 Å². The normalized spacial score (nSPS) is 34.7. The Balaban J connectivity index is 2.14. The molecular formula is C16H32N2O. The fourth-order valence-corrected chi connectivity index (χ4v) is 3.34. The van der Waals surface area contributed by atoms with E-state index in [4.69, 9.17) is 4.74 Å². The van der Waals surface area contributed by atoms with Crippen molar-refractivity contribution in [3.05, 3.63) is 0 Å². The van der Waals surface area contributed by atoms with Crippen molar-refractivity contribution in [1.82, 2.24) is 10.2 Å². The second-order valence-electron chi connectivity index (χ2n) is 8.42. The third-order valence-corrected chi connectivity index (χ3v) is 4.77. The van der Waals surface area contributed by atoms with E-state index < -0.39 is 0 Å². The molecule has 3 atom stereocenters. The van der Waals surface area contributed by atoms with Gasteiger partial charge < -0.3 is 10.1 Å². The lowest BCUT2D eigenvalue weighted by Gasteiger charge is -2.51. The molecule has 0 aliphatic carbocycles. The van der Waals surface area contributed by atoms with Gasteiger partial charge in [0.25, 0.3) is 0 Å². The number of nitrogens with one attached hydrogen (secondary N) is 1. The van der Waals surface area contributed by atoms with E-state index >= 15 is 0 Å². The lowest BCUT2D eigenvalue weighted by Crippen LogP contribution is -2.65. The average Bonchev–Trinajstić information content (AvgIpc) is 2.79. The number of hydrogen-bond acceptors (Lipinski definition) is 3. The highest BCUT2D eigenvalue weighted by Crippen LogP contribution is 2.33. The minimum atomic E-state index is 0.318. The van der Waals surface area contributed by atoms with Gasteiger partial charge in [-0.2, -0.15) is 0 Å². The summed E-state index contributed by atoms with van der Waals surface area (Å²) in [7, 11) is 0. The molecule has 3 unspecified atom stereocenters. The highest BCUT2D eigenvalue weighted by molar-refractivity contribution is 4.98. The largest absolute Gasteiger partial charge is 0.380 e. The van der Waals surface area contributed by atoms with Crippen molar-refractivity contribution in [3.8, 4) is 0 Å². The summed E-state index contributed by atoms with van der Waals surface area (Å²) in [6, 6.07) is 1.81. The first-order valence-electron chi connectivity index (χ1n) is 7.76. The van der Waals surface area contributed by atoms with Crippen LogP contribution in [0, 0.1) is 10.8 Å². The Morgan fingerprint density at radius 3 is 2.21 bits per heavy atom. The van der Waals surface area contributed by atoms with Gasteiger partial charge in [0.2, 0.25) is 0 Å². The van der Waals surface area contributed by atoms with Gasteiger partial charge in [-0.3, -0.25) is 4.90 Å². The van der Waals surface area contributed by atoms with Crippen LogP contribution in [0.1, 0.15) is 48.0 Å². The first kappa shape index (κ1) is 15.3.